The molecular formula is C15H21N3O. The Bertz CT molecular complexity index is 498. The standard InChI is InChI=1S/C15H21N3O/c1-11(2)16-15(19)18-10-9-17-8-4-6-12-5-3-7-13(18)14(12)17/h3,5,7,11H,4,6,8-10H2,1-2H3,(H,16,19). The van der Waals surface area contributed by atoms with Crippen LogP contribution in [0.1, 0.15) is 25.8 Å². The van der Waals surface area contributed by atoms with Gasteiger partial charge in [-0.3, -0.25) is 4.90 Å². The Kier molecular flexibility index (Phi) is 3.09. The molecule has 1 aromatic carbocycles. The molecule has 1 N–H and O–H groups in total. The largest absolute Gasteiger partial charge is 0.368 e. The van der Waals surface area contributed by atoms with Gasteiger partial charge in [-0.1, -0.05) is 12.1 Å². The van der Waals surface area contributed by atoms with E-state index in [1.54, 1.807) is 0 Å². The molecule has 2 heterocycles. The summed E-state index contributed by atoms with van der Waals surface area (Å²) in [5.74, 6) is 0. The second-order valence-corrected chi connectivity index (χ2v) is 5.63. The van der Waals surface area contributed by atoms with Gasteiger partial charge < -0.3 is 10.2 Å². The minimum atomic E-state index is 0.0219. The molecule has 0 atom stereocenters. The van der Waals surface area contributed by atoms with Crippen LogP contribution in [-0.2, 0) is 6.42 Å². The third-order valence-electron chi connectivity index (χ3n) is 3.83. The number of nitrogens with zero attached hydrogens (tertiary/aromatic N) is 2. The summed E-state index contributed by atoms with van der Waals surface area (Å²) in [6.07, 6.45) is 2.34. The summed E-state index contributed by atoms with van der Waals surface area (Å²) in [5, 5.41) is 2.99. The number of rotatable bonds is 1. The SMILES string of the molecule is CC(C)NC(=O)N1CCN2CCCc3cccc1c32. The van der Waals surface area contributed by atoms with Gasteiger partial charge in [0.05, 0.1) is 11.4 Å². The summed E-state index contributed by atoms with van der Waals surface area (Å²) in [6.45, 7) is 6.82. The number of urea groups is 1. The van der Waals surface area contributed by atoms with E-state index in [1.165, 1.54) is 17.7 Å². The maximum Gasteiger partial charge on any atom is 0.322 e. The lowest BCUT2D eigenvalue weighted by atomic mass is 9.98. The van der Waals surface area contributed by atoms with E-state index in [2.05, 4.69) is 28.4 Å². The van der Waals surface area contributed by atoms with Crippen LogP contribution in [0, 0.1) is 0 Å². The smallest absolute Gasteiger partial charge is 0.322 e. The highest BCUT2D eigenvalue weighted by Gasteiger charge is 2.30. The number of benzene rings is 1. The first-order valence-corrected chi connectivity index (χ1v) is 7.11. The number of hydrogen-bond acceptors (Lipinski definition) is 2. The van der Waals surface area contributed by atoms with Crippen LogP contribution < -0.4 is 15.1 Å². The topological polar surface area (TPSA) is 35.6 Å². The van der Waals surface area contributed by atoms with E-state index < -0.39 is 0 Å². The van der Waals surface area contributed by atoms with Gasteiger partial charge in [0.15, 0.2) is 0 Å². The summed E-state index contributed by atoms with van der Waals surface area (Å²) in [7, 11) is 0. The van der Waals surface area contributed by atoms with Crippen LogP contribution in [-0.4, -0.2) is 31.7 Å². The van der Waals surface area contributed by atoms with Crippen molar-refractivity contribution in [3.63, 3.8) is 0 Å². The molecule has 19 heavy (non-hydrogen) atoms. The zero-order valence-electron chi connectivity index (χ0n) is 11.6. The number of amides is 2. The molecule has 1 aromatic rings. The molecule has 0 radical (unpaired) electrons. The average Bonchev–Trinajstić information content (AvgIpc) is 2.39. The maximum absolute atomic E-state index is 12.3. The van der Waals surface area contributed by atoms with Crippen molar-refractivity contribution in [2.45, 2.75) is 32.7 Å². The lowest BCUT2D eigenvalue weighted by molar-refractivity contribution is 0.244. The monoisotopic (exact) mass is 259 g/mol. The van der Waals surface area contributed by atoms with Crippen LogP contribution >= 0.6 is 0 Å². The highest BCUT2D eigenvalue weighted by molar-refractivity contribution is 5.97. The van der Waals surface area contributed by atoms with E-state index in [1.807, 2.05) is 18.7 Å². The Morgan fingerprint density at radius 3 is 2.89 bits per heavy atom. The van der Waals surface area contributed by atoms with E-state index >= 15 is 0 Å². The molecule has 102 valence electrons. The Morgan fingerprint density at radius 2 is 2.11 bits per heavy atom. The Hall–Kier alpha value is -1.71. The van der Waals surface area contributed by atoms with Gasteiger partial charge in [-0.05, 0) is 38.3 Å². The lowest BCUT2D eigenvalue weighted by Crippen LogP contribution is -2.50. The summed E-state index contributed by atoms with van der Waals surface area (Å²) in [5.41, 5.74) is 3.73. The van der Waals surface area contributed by atoms with Gasteiger partial charge in [-0.15, -0.1) is 0 Å². The fraction of sp³-hybridized carbons (Fsp3) is 0.533. The molecule has 2 aliphatic rings. The molecule has 0 spiro atoms. The number of nitrogens with one attached hydrogen (secondary N) is 1. The molecule has 2 amide bonds. The van der Waals surface area contributed by atoms with Crippen LogP contribution in [0.3, 0.4) is 0 Å². The van der Waals surface area contributed by atoms with Crippen LogP contribution in [0.25, 0.3) is 0 Å². The third-order valence-corrected chi connectivity index (χ3v) is 3.83. The van der Waals surface area contributed by atoms with Crippen LogP contribution in [0.2, 0.25) is 0 Å². The first kappa shape index (κ1) is 12.3. The van der Waals surface area contributed by atoms with Gasteiger partial charge in [-0.2, -0.15) is 0 Å². The molecule has 0 fully saturated rings. The molecule has 0 aliphatic carbocycles. The van der Waals surface area contributed by atoms with Crippen molar-refractivity contribution in [3.8, 4) is 0 Å². The zero-order chi connectivity index (χ0) is 13.4. The predicted octanol–water partition coefficient (Wildman–Crippen LogP) is 2.38. The average molecular weight is 259 g/mol. The zero-order valence-corrected chi connectivity index (χ0v) is 11.6. The number of hydrogen-bond donors (Lipinski definition) is 1. The fourth-order valence-corrected chi connectivity index (χ4v) is 3.04. The molecule has 0 saturated carbocycles. The van der Waals surface area contributed by atoms with Crippen molar-refractivity contribution in [3.05, 3.63) is 23.8 Å². The molecule has 3 rings (SSSR count). The van der Waals surface area contributed by atoms with Crippen molar-refractivity contribution in [1.29, 1.82) is 0 Å². The first-order chi connectivity index (χ1) is 9.16. The van der Waals surface area contributed by atoms with Gasteiger partial charge in [0.1, 0.15) is 0 Å². The Labute approximate surface area is 114 Å². The van der Waals surface area contributed by atoms with Gasteiger partial charge in [0.25, 0.3) is 0 Å². The van der Waals surface area contributed by atoms with Gasteiger partial charge in [0, 0.05) is 25.7 Å². The van der Waals surface area contributed by atoms with E-state index in [0.717, 1.165) is 31.7 Å². The van der Waals surface area contributed by atoms with Crippen molar-refractivity contribution in [2.75, 3.05) is 29.4 Å². The fourth-order valence-electron chi connectivity index (χ4n) is 3.04. The molecule has 4 nitrogen and oxygen atoms in total. The quantitative estimate of drug-likeness (QED) is 0.840. The lowest BCUT2D eigenvalue weighted by Gasteiger charge is -2.41. The van der Waals surface area contributed by atoms with Gasteiger partial charge >= 0.3 is 6.03 Å². The molecule has 0 saturated heterocycles. The highest BCUT2D eigenvalue weighted by Crippen LogP contribution is 2.39. The first-order valence-electron chi connectivity index (χ1n) is 7.11. The van der Waals surface area contributed by atoms with Gasteiger partial charge in [0.2, 0.25) is 0 Å². The van der Waals surface area contributed by atoms with Crippen LogP contribution in [0.5, 0.6) is 0 Å². The minimum absolute atomic E-state index is 0.0219. The van der Waals surface area contributed by atoms with E-state index in [0.29, 0.717) is 0 Å². The minimum Gasteiger partial charge on any atom is -0.368 e. The number of carbonyl (C=O) groups is 1. The molecule has 0 unspecified atom stereocenters. The number of anilines is 2. The van der Waals surface area contributed by atoms with Crippen molar-refractivity contribution in [2.24, 2.45) is 0 Å². The molecule has 4 heteroatoms. The van der Waals surface area contributed by atoms with Crippen molar-refractivity contribution < 1.29 is 4.79 Å². The molecule has 2 aliphatic heterocycles. The summed E-state index contributed by atoms with van der Waals surface area (Å²) in [6, 6.07) is 6.52. The molecule has 0 bridgehead atoms. The second kappa shape index (κ2) is 4.76. The normalized spacial score (nSPS) is 17.4. The Morgan fingerprint density at radius 1 is 1.26 bits per heavy atom. The maximum atomic E-state index is 12.3. The molecular weight excluding hydrogens is 238 g/mol. The van der Waals surface area contributed by atoms with E-state index in [4.69, 9.17) is 0 Å². The number of para-hydroxylation sites is 1. The van der Waals surface area contributed by atoms with Crippen LogP contribution in [0.4, 0.5) is 16.2 Å². The summed E-state index contributed by atoms with van der Waals surface area (Å²) < 4.78 is 0. The third kappa shape index (κ3) is 2.15. The number of carbonyl (C=O) groups excluding carboxylic acids is 1. The second-order valence-electron chi connectivity index (χ2n) is 5.63. The summed E-state index contributed by atoms with van der Waals surface area (Å²) in [4.78, 5) is 16.6. The highest BCUT2D eigenvalue weighted by atomic mass is 16.2. The predicted molar refractivity (Wildman–Crippen MR) is 78.0 cm³/mol. The number of aryl methyl sites for hydroxylation is 1. The Balaban J connectivity index is 1.96. The van der Waals surface area contributed by atoms with Crippen molar-refractivity contribution >= 4 is 17.4 Å². The van der Waals surface area contributed by atoms with Gasteiger partial charge in [-0.25, -0.2) is 4.79 Å². The van der Waals surface area contributed by atoms with E-state index in [9.17, 15) is 4.79 Å². The summed E-state index contributed by atoms with van der Waals surface area (Å²) >= 11 is 0. The van der Waals surface area contributed by atoms with E-state index in [-0.39, 0.29) is 12.1 Å². The van der Waals surface area contributed by atoms with Crippen LogP contribution in [0.15, 0.2) is 18.2 Å². The van der Waals surface area contributed by atoms with Crippen molar-refractivity contribution in [1.82, 2.24) is 5.32 Å². The molecule has 0 aromatic heterocycles.